The molecular formula is C10H8ClNO5S. The van der Waals surface area contributed by atoms with Gasteiger partial charge in [-0.1, -0.05) is 0 Å². The molecule has 1 aromatic heterocycles. The molecule has 2 N–H and O–H groups in total. The van der Waals surface area contributed by atoms with Crippen LogP contribution in [-0.4, -0.2) is 31.6 Å². The Balaban J connectivity index is 2.80. The van der Waals surface area contributed by atoms with E-state index in [1.807, 2.05) is 0 Å². The minimum Gasteiger partial charge on any atom is -0.495 e. The number of benzene rings is 1. The van der Waals surface area contributed by atoms with Crippen molar-refractivity contribution in [2.45, 2.75) is 4.90 Å². The maximum Gasteiger partial charge on any atom is 0.352 e. The van der Waals surface area contributed by atoms with Crippen molar-refractivity contribution < 1.29 is 23.1 Å². The van der Waals surface area contributed by atoms with Crippen molar-refractivity contribution in [1.29, 1.82) is 0 Å². The van der Waals surface area contributed by atoms with Crippen LogP contribution in [0.4, 0.5) is 0 Å². The Morgan fingerprint density at radius 1 is 1.39 bits per heavy atom. The highest BCUT2D eigenvalue weighted by Gasteiger charge is 2.17. The van der Waals surface area contributed by atoms with Gasteiger partial charge in [0.15, 0.2) is 0 Å². The highest BCUT2D eigenvalue weighted by Crippen LogP contribution is 2.31. The second kappa shape index (κ2) is 4.18. The van der Waals surface area contributed by atoms with E-state index < -0.39 is 15.0 Å². The van der Waals surface area contributed by atoms with Crippen molar-refractivity contribution in [2.24, 2.45) is 0 Å². The Morgan fingerprint density at radius 3 is 2.56 bits per heavy atom. The fourth-order valence-corrected chi connectivity index (χ4v) is 2.38. The summed E-state index contributed by atoms with van der Waals surface area (Å²) in [5.41, 5.74) is 0.339. The highest BCUT2D eigenvalue weighted by molar-refractivity contribution is 8.13. The first-order valence-electron chi connectivity index (χ1n) is 4.71. The molecule has 1 aromatic carbocycles. The quantitative estimate of drug-likeness (QED) is 0.840. The monoisotopic (exact) mass is 289 g/mol. The molecule has 6 nitrogen and oxygen atoms in total. The van der Waals surface area contributed by atoms with Crippen molar-refractivity contribution in [3.8, 4) is 5.75 Å². The largest absolute Gasteiger partial charge is 0.495 e. The maximum absolute atomic E-state index is 11.3. The summed E-state index contributed by atoms with van der Waals surface area (Å²) in [6.45, 7) is 0. The lowest BCUT2D eigenvalue weighted by Crippen LogP contribution is -1.95. The molecule has 18 heavy (non-hydrogen) atoms. The summed E-state index contributed by atoms with van der Waals surface area (Å²) < 4.78 is 27.5. The summed E-state index contributed by atoms with van der Waals surface area (Å²) in [6, 6.07) is 3.82. The number of hydrogen-bond acceptors (Lipinski definition) is 4. The van der Waals surface area contributed by atoms with E-state index in [2.05, 4.69) is 4.98 Å². The van der Waals surface area contributed by atoms with Crippen molar-refractivity contribution >= 4 is 36.6 Å². The lowest BCUT2D eigenvalue weighted by Gasteiger charge is -2.04. The molecule has 0 fully saturated rings. The van der Waals surface area contributed by atoms with Gasteiger partial charge in [0.25, 0.3) is 9.05 Å². The molecule has 0 aliphatic carbocycles. The SMILES string of the molecule is COc1cc(S(=O)(=O)Cl)cc2cc(C(=O)O)[nH]c12. The smallest absolute Gasteiger partial charge is 0.352 e. The summed E-state index contributed by atoms with van der Waals surface area (Å²) in [6.07, 6.45) is 0. The second-order valence-corrected chi connectivity index (χ2v) is 6.08. The average Bonchev–Trinajstić information content (AvgIpc) is 2.70. The van der Waals surface area contributed by atoms with Crippen LogP contribution in [-0.2, 0) is 9.05 Å². The molecule has 1 heterocycles. The summed E-state index contributed by atoms with van der Waals surface area (Å²) in [5.74, 6) is -0.942. The van der Waals surface area contributed by atoms with Crippen LogP contribution < -0.4 is 4.74 Å². The number of halogens is 1. The third-order valence-corrected chi connectivity index (χ3v) is 3.73. The molecule has 8 heteroatoms. The van der Waals surface area contributed by atoms with Crippen LogP contribution in [0.2, 0.25) is 0 Å². The number of aromatic nitrogens is 1. The molecule has 0 saturated carbocycles. The number of aromatic carboxylic acids is 1. The van der Waals surface area contributed by atoms with E-state index in [0.29, 0.717) is 10.9 Å². The van der Waals surface area contributed by atoms with Gasteiger partial charge in [-0.05, 0) is 12.1 Å². The van der Waals surface area contributed by atoms with Gasteiger partial charge in [-0.3, -0.25) is 0 Å². The first-order chi connectivity index (χ1) is 8.32. The average molecular weight is 290 g/mol. The zero-order chi connectivity index (χ0) is 13.5. The molecule has 0 aliphatic rings. The topological polar surface area (TPSA) is 96.5 Å². The van der Waals surface area contributed by atoms with E-state index in [0.717, 1.165) is 0 Å². The molecule has 0 bridgehead atoms. The molecule has 96 valence electrons. The zero-order valence-electron chi connectivity index (χ0n) is 9.10. The maximum atomic E-state index is 11.3. The number of hydrogen-bond donors (Lipinski definition) is 2. The number of nitrogens with one attached hydrogen (secondary N) is 1. The van der Waals surface area contributed by atoms with Gasteiger partial charge in [0, 0.05) is 22.1 Å². The van der Waals surface area contributed by atoms with Crippen LogP contribution >= 0.6 is 10.7 Å². The van der Waals surface area contributed by atoms with E-state index in [1.54, 1.807) is 0 Å². The Kier molecular flexibility index (Phi) is 2.95. The summed E-state index contributed by atoms with van der Waals surface area (Å²) in [5, 5.41) is 9.26. The molecule has 0 aliphatic heterocycles. The molecule has 2 aromatic rings. The standard InChI is InChI=1S/C10H8ClNO5S/c1-17-8-4-6(18(11,15)16)2-5-3-7(10(13)14)12-9(5)8/h2-4,12H,1H3,(H,13,14). The molecule has 0 atom stereocenters. The van der Waals surface area contributed by atoms with Crippen LogP contribution in [0.25, 0.3) is 10.9 Å². The molecule has 0 radical (unpaired) electrons. The van der Waals surface area contributed by atoms with Crippen molar-refractivity contribution in [3.63, 3.8) is 0 Å². The van der Waals surface area contributed by atoms with Gasteiger partial charge in [0.2, 0.25) is 0 Å². The molecule has 2 rings (SSSR count). The number of fused-ring (bicyclic) bond motifs is 1. The van der Waals surface area contributed by atoms with Gasteiger partial charge < -0.3 is 14.8 Å². The van der Waals surface area contributed by atoms with Crippen molar-refractivity contribution in [2.75, 3.05) is 7.11 Å². The number of carbonyl (C=O) groups is 1. The molecule has 0 saturated heterocycles. The fraction of sp³-hybridized carbons (Fsp3) is 0.100. The lowest BCUT2D eigenvalue weighted by atomic mass is 10.2. The number of ether oxygens (including phenoxy) is 1. The van der Waals surface area contributed by atoms with E-state index in [1.165, 1.54) is 25.3 Å². The number of aromatic amines is 1. The van der Waals surface area contributed by atoms with Crippen LogP contribution in [0.5, 0.6) is 5.75 Å². The van der Waals surface area contributed by atoms with Gasteiger partial charge in [-0.2, -0.15) is 0 Å². The van der Waals surface area contributed by atoms with Crippen LogP contribution in [0.3, 0.4) is 0 Å². The Labute approximate surface area is 107 Å². The van der Waals surface area contributed by atoms with Gasteiger partial charge in [-0.25, -0.2) is 13.2 Å². The number of carboxylic acid groups (broad SMARTS) is 1. The number of carboxylic acids is 1. The predicted octanol–water partition coefficient (Wildman–Crippen LogP) is 1.80. The number of methoxy groups -OCH3 is 1. The third kappa shape index (κ3) is 2.14. The van der Waals surface area contributed by atoms with Gasteiger partial charge in [0.05, 0.1) is 17.5 Å². The highest BCUT2D eigenvalue weighted by atomic mass is 35.7. The first kappa shape index (κ1) is 12.7. The van der Waals surface area contributed by atoms with E-state index in [9.17, 15) is 13.2 Å². The molecular weight excluding hydrogens is 282 g/mol. The van der Waals surface area contributed by atoms with Crippen molar-refractivity contribution in [1.82, 2.24) is 4.98 Å². The van der Waals surface area contributed by atoms with Crippen LogP contribution in [0.15, 0.2) is 23.1 Å². The van der Waals surface area contributed by atoms with Crippen molar-refractivity contribution in [3.05, 3.63) is 23.9 Å². The minimum absolute atomic E-state index is 0.0626. The lowest BCUT2D eigenvalue weighted by molar-refractivity contribution is 0.0691. The number of rotatable bonds is 3. The second-order valence-electron chi connectivity index (χ2n) is 3.52. The molecule has 0 spiro atoms. The van der Waals surface area contributed by atoms with E-state index in [4.69, 9.17) is 20.5 Å². The fourth-order valence-electron chi connectivity index (χ4n) is 1.60. The van der Waals surface area contributed by atoms with Crippen LogP contribution in [0.1, 0.15) is 10.5 Å². The van der Waals surface area contributed by atoms with E-state index >= 15 is 0 Å². The Bertz CT molecular complexity index is 734. The van der Waals surface area contributed by atoms with Gasteiger partial charge >= 0.3 is 5.97 Å². The third-order valence-electron chi connectivity index (χ3n) is 2.40. The molecule has 0 amide bonds. The van der Waals surface area contributed by atoms with Gasteiger partial charge in [-0.15, -0.1) is 0 Å². The molecule has 0 unspecified atom stereocenters. The van der Waals surface area contributed by atoms with Crippen LogP contribution in [0, 0.1) is 0 Å². The summed E-state index contributed by atoms with van der Waals surface area (Å²) in [4.78, 5) is 13.3. The number of H-pyrrole nitrogens is 1. The predicted molar refractivity (Wildman–Crippen MR) is 64.8 cm³/mol. The van der Waals surface area contributed by atoms with E-state index in [-0.39, 0.29) is 16.3 Å². The minimum atomic E-state index is -3.91. The summed E-state index contributed by atoms with van der Waals surface area (Å²) >= 11 is 0. The Hall–Kier alpha value is -1.73. The zero-order valence-corrected chi connectivity index (χ0v) is 10.7. The summed E-state index contributed by atoms with van der Waals surface area (Å²) in [7, 11) is 2.69. The van der Waals surface area contributed by atoms with Gasteiger partial charge in [0.1, 0.15) is 11.4 Å². The normalized spacial score (nSPS) is 11.7. The Morgan fingerprint density at radius 2 is 2.06 bits per heavy atom. The first-order valence-corrected chi connectivity index (χ1v) is 7.02.